The van der Waals surface area contributed by atoms with Crippen molar-refractivity contribution in [3.63, 3.8) is 0 Å². The molecular weight excluding hydrogens is 304 g/mol. The first kappa shape index (κ1) is 13.8. The normalized spacial score (nSPS) is 10.2. The minimum absolute atomic E-state index is 0.275. The fraction of sp³-hybridized carbons (Fsp3) is 0.188. The van der Waals surface area contributed by atoms with Crippen molar-refractivity contribution in [2.24, 2.45) is 0 Å². The minimum atomic E-state index is -0.275. The molecule has 19 heavy (non-hydrogen) atoms. The van der Waals surface area contributed by atoms with Crippen molar-refractivity contribution in [2.75, 3.05) is 6.61 Å². The minimum Gasteiger partial charge on any atom is -0.462 e. The van der Waals surface area contributed by atoms with Gasteiger partial charge in [-0.3, -0.25) is 0 Å². The average molecular weight is 319 g/mol. The van der Waals surface area contributed by atoms with Crippen molar-refractivity contribution < 1.29 is 9.53 Å². The van der Waals surface area contributed by atoms with Gasteiger partial charge < -0.3 is 4.74 Å². The number of rotatable bonds is 4. The van der Waals surface area contributed by atoms with Gasteiger partial charge in [0, 0.05) is 5.33 Å². The number of hydrogen-bond acceptors (Lipinski definition) is 2. The second-order valence-corrected chi connectivity index (χ2v) is 4.69. The second kappa shape index (κ2) is 6.53. The lowest BCUT2D eigenvalue weighted by atomic mass is 10.0. The van der Waals surface area contributed by atoms with E-state index in [0.717, 1.165) is 16.5 Å². The maximum absolute atomic E-state index is 11.6. The molecule has 0 aliphatic rings. The summed E-state index contributed by atoms with van der Waals surface area (Å²) in [6.07, 6.45) is 0. The molecule has 0 amide bonds. The topological polar surface area (TPSA) is 26.3 Å². The third kappa shape index (κ3) is 3.44. The molecule has 98 valence electrons. The van der Waals surface area contributed by atoms with Gasteiger partial charge in [-0.25, -0.2) is 4.79 Å². The lowest BCUT2D eigenvalue weighted by Gasteiger charge is -2.05. The highest BCUT2D eigenvalue weighted by Crippen LogP contribution is 2.22. The van der Waals surface area contributed by atoms with Gasteiger partial charge in [0.15, 0.2) is 0 Å². The van der Waals surface area contributed by atoms with Crippen LogP contribution in [0.15, 0.2) is 48.5 Å². The number of alkyl halides is 1. The molecule has 0 N–H and O–H groups in total. The average Bonchev–Trinajstić information content (AvgIpc) is 2.48. The van der Waals surface area contributed by atoms with Gasteiger partial charge in [0.25, 0.3) is 0 Å². The monoisotopic (exact) mass is 318 g/mol. The Kier molecular flexibility index (Phi) is 4.74. The zero-order valence-electron chi connectivity index (χ0n) is 10.7. The number of ether oxygens (including phenoxy) is 1. The van der Waals surface area contributed by atoms with Gasteiger partial charge in [-0.05, 0) is 35.7 Å². The van der Waals surface area contributed by atoms with Crippen molar-refractivity contribution in [1.82, 2.24) is 0 Å². The molecule has 2 rings (SSSR count). The third-order valence-electron chi connectivity index (χ3n) is 2.81. The lowest BCUT2D eigenvalue weighted by Crippen LogP contribution is -2.03. The molecule has 0 saturated carbocycles. The lowest BCUT2D eigenvalue weighted by molar-refractivity contribution is 0.0526. The SMILES string of the molecule is CCOC(=O)c1ccc(-c2cccc(CBr)c2)cc1. The highest BCUT2D eigenvalue weighted by molar-refractivity contribution is 9.08. The Morgan fingerprint density at radius 3 is 2.47 bits per heavy atom. The zero-order valence-corrected chi connectivity index (χ0v) is 12.3. The first-order valence-electron chi connectivity index (χ1n) is 6.17. The molecular formula is C16H15BrO2. The largest absolute Gasteiger partial charge is 0.462 e. The van der Waals surface area contributed by atoms with E-state index in [-0.39, 0.29) is 5.97 Å². The Balaban J connectivity index is 2.24. The van der Waals surface area contributed by atoms with Crippen LogP contribution in [0.25, 0.3) is 11.1 Å². The Morgan fingerprint density at radius 1 is 1.11 bits per heavy atom. The number of carbonyl (C=O) groups is 1. The van der Waals surface area contributed by atoms with Crippen LogP contribution in [-0.2, 0) is 10.1 Å². The van der Waals surface area contributed by atoms with Gasteiger partial charge in [-0.2, -0.15) is 0 Å². The van der Waals surface area contributed by atoms with E-state index in [1.165, 1.54) is 5.56 Å². The second-order valence-electron chi connectivity index (χ2n) is 4.13. The predicted octanol–water partition coefficient (Wildman–Crippen LogP) is 4.43. The number of hydrogen-bond donors (Lipinski definition) is 0. The fourth-order valence-electron chi connectivity index (χ4n) is 1.85. The summed E-state index contributed by atoms with van der Waals surface area (Å²) in [5.41, 5.74) is 4.05. The summed E-state index contributed by atoms with van der Waals surface area (Å²) in [7, 11) is 0. The summed E-state index contributed by atoms with van der Waals surface area (Å²) < 4.78 is 4.96. The fourth-order valence-corrected chi connectivity index (χ4v) is 2.20. The van der Waals surface area contributed by atoms with Crippen molar-refractivity contribution in [1.29, 1.82) is 0 Å². The highest BCUT2D eigenvalue weighted by Gasteiger charge is 2.06. The molecule has 0 aromatic heterocycles. The van der Waals surface area contributed by atoms with Crippen LogP contribution in [0.4, 0.5) is 0 Å². The Labute approximate surface area is 121 Å². The van der Waals surface area contributed by atoms with E-state index < -0.39 is 0 Å². The van der Waals surface area contributed by atoms with E-state index >= 15 is 0 Å². The quantitative estimate of drug-likeness (QED) is 0.616. The molecule has 2 nitrogen and oxygen atoms in total. The van der Waals surface area contributed by atoms with Crippen LogP contribution in [0, 0.1) is 0 Å². The predicted molar refractivity (Wildman–Crippen MR) is 80.5 cm³/mol. The van der Waals surface area contributed by atoms with E-state index in [4.69, 9.17) is 4.74 Å². The summed E-state index contributed by atoms with van der Waals surface area (Å²) >= 11 is 3.45. The van der Waals surface area contributed by atoms with Crippen molar-refractivity contribution in [3.05, 3.63) is 59.7 Å². The van der Waals surface area contributed by atoms with Crippen LogP contribution in [0.2, 0.25) is 0 Å². The molecule has 0 aliphatic carbocycles. The molecule has 0 atom stereocenters. The molecule has 0 radical (unpaired) electrons. The van der Waals surface area contributed by atoms with Gasteiger partial charge in [0.2, 0.25) is 0 Å². The summed E-state index contributed by atoms with van der Waals surface area (Å²) in [4.78, 5) is 11.6. The first-order valence-corrected chi connectivity index (χ1v) is 7.29. The Bertz CT molecular complexity index is 561. The summed E-state index contributed by atoms with van der Waals surface area (Å²) in [5, 5.41) is 0.835. The smallest absolute Gasteiger partial charge is 0.338 e. The molecule has 2 aromatic carbocycles. The van der Waals surface area contributed by atoms with Crippen LogP contribution >= 0.6 is 15.9 Å². The van der Waals surface area contributed by atoms with Crippen LogP contribution < -0.4 is 0 Å². The maximum Gasteiger partial charge on any atom is 0.338 e. The Hall–Kier alpha value is -1.61. The molecule has 2 aromatic rings. The molecule has 3 heteroatoms. The summed E-state index contributed by atoms with van der Waals surface area (Å²) in [6.45, 7) is 2.20. The van der Waals surface area contributed by atoms with E-state index in [9.17, 15) is 4.79 Å². The summed E-state index contributed by atoms with van der Waals surface area (Å²) in [5.74, 6) is -0.275. The van der Waals surface area contributed by atoms with Crippen LogP contribution in [-0.4, -0.2) is 12.6 Å². The van der Waals surface area contributed by atoms with E-state index in [1.54, 1.807) is 19.1 Å². The van der Waals surface area contributed by atoms with E-state index in [0.29, 0.717) is 12.2 Å². The molecule has 0 fully saturated rings. The van der Waals surface area contributed by atoms with Crippen molar-refractivity contribution in [2.45, 2.75) is 12.3 Å². The van der Waals surface area contributed by atoms with Crippen molar-refractivity contribution >= 4 is 21.9 Å². The molecule has 0 bridgehead atoms. The van der Waals surface area contributed by atoms with Crippen molar-refractivity contribution in [3.8, 4) is 11.1 Å². The standard InChI is InChI=1S/C16H15BrO2/c1-2-19-16(18)14-8-6-13(7-9-14)15-5-3-4-12(10-15)11-17/h3-10H,2,11H2,1H3. The molecule has 0 aliphatic heterocycles. The van der Waals surface area contributed by atoms with E-state index in [1.807, 2.05) is 18.2 Å². The van der Waals surface area contributed by atoms with Gasteiger partial charge in [0.05, 0.1) is 12.2 Å². The summed E-state index contributed by atoms with van der Waals surface area (Å²) in [6, 6.07) is 15.8. The number of halogens is 1. The van der Waals surface area contributed by atoms with E-state index in [2.05, 4.69) is 34.1 Å². The molecule has 0 heterocycles. The zero-order chi connectivity index (χ0) is 13.7. The van der Waals surface area contributed by atoms with Gasteiger partial charge >= 0.3 is 5.97 Å². The molecule has 0 unspecified atom stereocenters. The number of benzene rings is 2. The van der Waals surface area contributed by atoms with Crippen LogP contribution in [0.5, 0.6) is 0 Å². The van der Waals surface area contributed by atoms with Crippen LogP contribution in [0.1, 0.15) is 22.8 Å². The number of carbonyl (C=O) groups excluding carboxylic acids is 1. The van der Waals surface area contributed by atoms with Gasteiger partial charge in [-0.15, -0.1) is 0 Å². The highest BCUT2D eigenvalue weighted by atomic mass is 79.9. The van der Waals surface area contributed by atoms with Crippen LogP contribution in [0.3, 0.4) is 0 Å². The molecule has 0 saturated heterocycles. The van der Waals surface area contributed by atoms with Gasteiger partial charge in [-0.1, -0.05) is 52.3 Å². The van der Waals surface area contributed by atoms with Gasteiger partial charge in [0.1, 0.15) is 0 Å². The number of esters is 1. The maximum atomic E-state index is 11.6. The first-order chi connectivity index (χ1) is 9.24. The third-order valence-corrected chi connectivity index (χ3v) is 3.46. The Morgan fingerprint density at radius 2 is 1.84 bits per heavy atom. The molecule has 0 spiro atoms.